The summed E-state index contributed by atoms with van der Waals surface area (Å²) < 4.78 is 7.44. The molecule has 0 atom stereocenters. The summed E-state index contributed by atoms with van der Waals surface area (Å²) in [7, 11) is 5.98. The lowest BCUT2D eigenvalue weighted by Gasteiger charge is -2.36. The zero-order chi connectivity index (χ0) is 23.8. The van der Waals surface area contributed by atoms with Gasteiger partial charge in [0.1, 0.15) is 17.4 Å². The van der Waals surface area contributed by atoms with Gasteiger partial charge in [-0.3, -0.25) is 4.98 Å². The number of H-pyrrole nitrogens is 1. The third kappa shape index (κ3) is 4.19. The number of aryl methyl sites for hydroxylation is 1. The number of nitrogens with one attached hydrogen (secondary N) is 1. The Morgan fingerprint density at radius 3 is 2.47 bits per heavy atom. The van der Waals surface area contributed by atoms with E-state index < -0.39 is 0 Å². The topological polar surface area (TPSA) is 78.8 Å². The summed E-state index contributed by atoms with van der Waals surface area (Å²) in [6, 6.07) is 6.81. The summed E-state index contributed by atoms with van der Waals surface area (Å²) in [4.78, 5) is 30.6. The summed E-state index contributed by atoms with van der Waals surface area (Å²) in [6.07, 6.45) is 8.11. The fourth-order valence-corrected chi connectivity index (χ4v) is 5.64. The molecule has 2 fully saturated rings. The van der Waals surface area contributed by atoms with Crippen LogP contribution in [0, 0.1) is 6.92 Å². The minimum Gasteiger partial charge on any atom is -0.496 e. The van der Waals surface area contributed by atoms with Gasteiger partial charge in [-0.2, -0.15) is 0 Å². The molecule has 1 N–H and O–H groups in total. The van der Waals surface area contributed by atoms with Crippen molar-refractivity contribution in [3.05, 3.63) is 40.2 Å². The quantitative estimate of drug-likeness (QED) is 0.615. The molecule has 5 rings (SSSR count). The van der Waals surface area contributed by atoms with Crippen LogP contribution >= 0.6 is 0 Å². The van der Waals surface area contributed by atoms with Gasteiger partial charge in [-0.25, -0.2) is 19.2 Å². The number of methoxy groups -OCH3 is 1. The van der Waals surface area contributed by atoms with E-state index in [1.54, 1.807) is 11.5 Å². The van der Waals surface area contributed by atoms with Gasteiger partial charge in [0, 0.05) is 36.8 Å². The smallest absolute Gasteiger partial charge is 0.334 e. The lowest BCUT2D eigenvalue weighted by Crippen LogP contribution is -2.41. The molecule has 2 aliphatic rings. The largest absolute Gasteiger partial charge is 0.496 e. The first-order valence-corrected chi connectivity index (χ1v) is 12.6. The minimum absolute atomic E-state index is 0.182. The van der Waals surface area contributed by atoms with Gasteiger partial charge in [0.2, 0.25) is 0 Å². The van der Waals surface area contributed by atoms with Gasteiger partial charge >= 0.3 is 5.69 Å². The summed E-state index contributed by atoms with van der Waals surface area (Å²) in [5, 5.41) is 0. The molecular weight excluding hydrogens is 428 g/mol. The maximum atomic E-state index is 13.2. The SMILES string of the molecule is COc1cc(N2CCC(N(C)C)CC2)ccc1-c1nc2c(C)nc(C3CCCCC3)n2c(=O)[nH]1. The lowest BCUT2D eigenvalue weighted by molar-refractivity contribution is 0.249. The average molecular weight is 465 g/mol. The lowest BCUT2D eigenvalue weighted by atomic mass is 9.89. The maximum absolute atomic E-state index is 13.2. The summed E-state index contributed by atoms with van der Waals surface area (Å²) >= 11 is 0. The molecule has 1 aliphatic heterocycles. The summed E-state index contributed by atoms with van der Waals surface area (Å²) in [5.74, 6) is 2.42. The van der Waals surface area contributed by atoms with E-state index in [1.807, 2.05) is 13.0 Å². The number of rotatable bonds is 5. The highest BCUT2D eigenvalue weighted by Crippen LogP contribution is 2.35. The summed E-state index contributed by atoms with van der Waals surface area (Å²) in [5.41, 5.74) is 3.18. The summed E-state index contributed by atoms with van der Waals surface area (Å²) in [6.45, 7) is 3.98. The Labute approximate surface area is 201 Å². The molecule has 2 aromatic heterocycles. The van der Waals surface area contributed by atoms with E-state index >= 15 is 0 Å². The van der Waals surface area contributed by atoms with Crippen LogP contribution in [0.2, 0.25) is 0 Å². The number of piperidine rings is 1. The second-order valence-electron chi connectivity index (χ2n) is 10.0. The Kier molecular flexibility index (Phi) is 6.34. The van der Waals surface area contributed by atoms with E-state index in [9.17, 15) is 4.79 Å². The molecular formula is C26H36N6O2. The van der Waals surface area contributed by atoms with Crippen LogP contribution in [0.4, 0.5) is 5.69 Å². The Morgan fingerprint density at radius 2 is 1.79 bits per heavy atom. The molecule has 1 saturated heterocycles. The van der Waals surface area contributed by atoms with Crippen molar-refractivity contribution in [1.29, 1.82) is 0 Å². The van der Waals surface area contributed by atoms with E-state index in [0.29, 0.717) is 29.2 Å². The number of hydrogen-bond acceptors (Lipinski definition) is 6. The minimum atomic E-state index is -0.182. The highest BCUT2D eigenvalue weighted by Gasteiger charge is 2.25. The number of aromatic nitrogens is 4. The number of ether oxygens (including phenoxy) is 1. The Bertz CT molecular complexity index is 1220. The third-order valence-corrected chi connectivity index (χ3v) is 7.66. The first kappa shape index (κ1) is 22.9. The van der Waals surface area contributed by atoms with Crippen LogP contribution in [0.3, 0.4) is 0 Å². The van der Waals surface area contributed by atoms with Gasteiger partial charge in [0.05, 0.1) is 18.4 Å². The van der Waals surface area contributed by atoms with Crippen LogP contribution in [-0.2, 0) is 0 Å². The van der Waals surface area contributed by atoms with Crippen LogP contribution in [0.25, 0.3) is 17.0 Å². The Balaban J connectivity index is 1.47. The third-order valence-electron chi connectivity index (χ3n) is 7.66. The van der Waals surface area contributed by atoms with Gasteiger partial charge < -0.3 is 14.5 Å². The molecule has 1 saturated carbocycles. The van der Waals surface area contributed by atoms with Crippen molar-refractivity contribution in [3.63, 3.8) is 0 Å². The monoisotopic (exact) mass is 464 g/mol. The van der Waals surface area contributed by atoms with Gasteiger partial charge in [0.25, 0.3) is 0 Å². The van der Waals surface area contributed by atoms with Crippen molar-refractivity contribution in [2.24, 2.45) is 0 Å². The van der Waals surface area contributed by atoms with E-state index in [2.05, 4.69) is 41.0 Å². The van der Waals surface area contributed by atoms with Crippen molar-refractivity contribution >= 4 is 11.3 Å². The molecule has 34 heavy (non-hydrogen) atoms. The Morgan fingerprint density at radius 1 is 1.06 bits per heavy atom. The predicted molar refractivity (Wildman–Crippen MR) is 135 cm³/mol. The van der Waals surface area contributed by atoms with Crippen molar-refractivity contribution in [1.82, 2.24) is 24.3 Å². The van der Waals surface area contributed by atoms with Crippen molar-refractivity contribution < 1.29 is 4.74 Å². The predicted octanol–water partition coefficient (Wildman–Crippen LogP) is 3.98. The second-order valence-corrected chi connectivity index (χ2v) is 10.0. The normalized spacial score (nSPS) is 18.2. The number of hydrogen-bond donors (Lipinski definition) is 1. The molecule has 3 heterocycles. The van der Waals surface area contributed by atoms with E-state index in [0.717, 1.165) is 61.5 Å². The fourth-order valence-electron chi connectivity index (χ4n) is 5.64. The van der Waals surface area contributed by atoms with E-state index in [4.69, 9.17) is 14.7 Å². The maximum Gasteiger partial charge on any atom is 0.334 e. The molecule has 3 aromatic rings. The van der Waals surface area contributed by atoms with Crippen LogP contribution in [0.5, 0.6) is 5.75 Å². The second kappa shape index (κ2) is 9.41. The van der Waals surface area contributed by atoms with Gasteiger partial charge in [-0.05, 0) is 58.8 Å². The van der Waals surface area contributed by atoms with E-state index in [1.165, 1.54) is 19.3 Å². The first-order valence-electron chi connectivity index (χ1n) is 12.6. The zero-order valence-corrected chi connectivity index (χ0v) is 20.8. The fraction of sp³-hybridized carbons (Fsp3) is 0.577. The molecule has 1 aromatic carbocycles. The number of nitrogens with zero attached hydrogens (tertiary/aromatic N) is 5. The van der Waals surface area contributed by atoms with E-state index in [-0.39, 0.29) is 5.69 Å². The number of fused-ring (bicyclic) bond motifs is 1. The standard InChI is InChI=1S/C26H36N6O2/c1-17-24-28-23(29-26(33)32(24)25(27-17)18-8-6-5-7-9-18)21-11-10-20(16-22(21)34-4)31-14-12-19(13-15-31)30(2)3/h10-11,16,18-19H,5-9,12-15H2,1-4H3,(H,28,29,33). The average Bonchev–Trinajstić information content (AvgIpc) is 3.21. The molecule has 0 spiro atoms. The van der Waals surface area contributed by atoms with Crippen molar-refractivity contribution in [2.45, 2.75) is 63.8 Å². The molecule has 8 heteroatoms. The number of anilines is 1. The number of imidazole rings is 1. The zero-order valence-electron chi connectivity index (χ0n) is 20.8. The molecule has 0 radical (unpaired) electrons. The molecule has 0 bridgehead atoms. The molecule has 8 nitrogen and oxygen atoms in total. The van der Waals surface area contributed by atoms with Gasteiger partial charge in [-0.1, -0.05) is 19.3 Å². The van der Waals surface area contributed by atoms with Gasteiger partial charge in [0.15, 0.2) is 5.65 Å². The highest BCUT2D eigenvalue weighted by molar-refractivity contribution is 5.70. The van der Waals surface area contributed by atoms with Crippen LogP contribution < -0.4 is 15.3 Å². The number of aromatic amines is 1. The van der Waals surface area contributed by atoms with Crippen LogP contribution in [0.1, 0.15) is 62.4 Å². The molecule has 0 amide bonds. The van der Waals surface area contributed by atoms with Crippen LogP contribution in [0.15, 0.2) is 23.0 Å². The highest BCUT2D eigenvalue weighted by atomic mass is 16.5. The van der Waals surface area contributed by atoms with Gasteiger partial charge in [-0.15, -0.1) is 0 Å². The molecule has 182 valence electrons. The first-order chi connectivity index (χ1) is 16.5. The van der Waals surface area contributed by atoms with Crippen LogP contribution in [-0.4, -0.2) is 64.6 Å². The van der Waals surface area contributed by atoms with Crippen molar-refractivity contribution in [3.8, 4) is 17.1 Å². The molecule has 0 unspecified atom stereocenters. The Hall–Kier alpha value is -2.87. The van der Waals surface area contributed by atoms with Crippen molar-refractivity contribution in [2.75, 3.05) is 39.2 Å². The molecule has 1 aliphatic carbocycles. The number of benzene rings is 1.